The van der Waals surface area contributed by atoms with Crippen LogP contribution in [-0.4, -0.2) is 64.0 Å². The van der Waals surface area contributed by atoms with Gasteiger partial charge in [0.15, 0.2) is 6.10 Å². The molecule has 0 radical (unpaired) electrons. The lowest BCUT2D eigenvalue weighted by atomic mass is 9.56. The van der Waals surface area contributed by atoms with Crippen LogP contribution in [-0.2, 0) is 28.6 Å². The minimum Gasteiger partial charge on any atom is -0.462 e. The molecule has 3 aliphatic rings. The summed E-state index contributed by atoms with van der Waals surface area (Å²) in [4.78, 5) is 36.6. The maximum Gasteiger partial charge on any atom is 0.312 e. The van der Waals surface area contributed by atoms with Gasteiger partial charge in [0, 0.05) is 32.1 Å². The van der Waals surface area contributed by atoms with E-state index in [0.717, 1.165) is 5.57 Å². The number of carbonyl (C=O) groups excluding carboxylic acids is 3. The van der Waals surface area contributed by atoms with Crippen molar-refractivity contribution >= 4 is 29.5 Å². The van der Waals surface area contributed by atoms with Crippen LogP contribution in [0.5, 0.6) is 0 Å². The van der Waals surface area contributed by atoms with E-state index in [2.05, 4.69) is 0 Å². The molecule has 2 aliphatic carbocycles. The summed E-state index contributed by atoms with van der Waals surface area (Å²) in [6.45, 7) is 7.72. The molecule has 1 saturated heterocycles. The molecule has 0 aromatic rings. The highest BCUT2D eigenvalue weighted by atomic mass is 35.5. The molecule has 0 amide bonds. The van der Waals surface area contributed by atoms with Crippen LogP contribution in [0.25, 0.3) is 0 Å². The number of ether oxygens (including phenoxy) is 3. The summed E-state index contributed by atoms with van der Waals surface area (Å²) in [5, 5.41) is 23.6. The van der Waals surface area contributed by atoms with Crippen LogP contribution < -0.4 is 0 Å². The van der Waals surface area contributed by atoms with Crippen LogP contribution in [0.1, 0.15) is 53.9 Å². The Labute approximate surface area is 198 Å². The van der Waals surface area contributed by atoms with Crippen molar-refractivity contribution in [3.8, 4) is 0 Å². The topological polar surface area (TPSA) is 119 Å². The fraction of sp³-hybridized carbons (Fsp3) is 0.708. The molecule has 0 bridgehead atoms. The Hall–Kier alpha value is -1.90. The fourth-order valence-corrected chi connectivity index (χ4v) is 6.00. The largest absolute Gasteiger partial charge is 0.462 e. The normalized spacial score (nSPS) is 42.6. The molecular weight excluding hydrogens is 452 g/mol. The van der Waals surface area contributed by atoms with Gasteiger partial charge < -0.3 is 24.4 Å². The molecule has 8 atom stereocenters. The molecule has 33 heavy (non-hydrogen) atoms. The second-order valence-corrected chi connectivity index (χ2v) is 9.90. The molecule has 0 saturated carbocycles. The Morgan fingerprint density at radius 1 is 1.24 bits per heavy atom. The van der Waals surface area contributed by atoms with Gasteiger partial charge in [-0.05, 0) is 32.8 Å². The predicted octanol–water partition coefficient (Wildman–Crippen LogP) is 2.43. The number of hydrogen-bond acceptors (Lipinski definition) is 8. The first-order chi connectivity index (χ1) is 15.4. The third-order valence-electron chi connectivity index (χ3n) is 7.64. The molecule has 1 aliphatic heterocycles. The lowest BCUT2D eigenvalue weighted by molar-refractivity contribution is -0.205. The summed E-state index contributed by atoms with van der Waals surface area (Å²) < 4.78 is 16.9. The molecule has 3 rings (SSSR count). The van der Waals surface area contributed by atoms with Gasteiger partial charge in [-0.25, -0.2) is 0 Å². The van der Waals surface area contributed by atoms with Crippen molar-refractivity contribution in [3.63, 3.8) is 0 Å². The Morgan fingerprint density at radius 2 is 1.85 bits per heavy atom. The molecule has 2 N–H and O–H groups in total. The SMILES string of the molecule is CC(=O)O[C@H]1CC=C(C)[C@@H]2[C@H](O)[C@@]3(O)[C@H](/C=C(/CCl)CC[C@H](OC(C)=O)[C@@]12C)OC(=O)[C@@H]3C. The Bertz CT molecular complexity index is 882. The second kappa shape index (κ2) is 9.39. The molecule has 0 spiro atoms. The number of esters is 3. The van der Waals surface area contributed by atoms with E-state index in [1.807, 2.05) is 13.0 Å². The third-order valence-corrected chi connectivity index (χ3v) is 7.98. The Kier molecular flexibility index (Phi) is 7.32. The van der Waals surface area contributed by atoms with Gasteiger partial charge in [-0.1, -0.05) is 24.1 Å². The summed E-state index contributed by atoms with van der Waals surface area (Å²) in [6, 6.07) is 0. The number of fused-ring (bicyclic) bond motifs is 2. The zero-order valence-electron chi connectivity index (χ0n) is 19.7. The average Bonchev–Trinajstić information content (AvgIpc) is 2.95. The Morgan fingerprint density at radius 3 is 2.42 bits per heavy atom. The number of hydrogen-bond donors (Lipinski definition) is 2. The number of alkyl halides is 1. The number of allylic oxidation sites excluding steroid dienone is 1. The molecule has 0 aromatic heterocycles. The quantitative estimate of drug-likeness (QED) is 0.271. The maximum absolute atomic E-state index is 12.5. The van der Waals surface area contributed by atoms with Gasteiger partial charge in [0.05, 0.1) is 17.4 Å². The summed E-state index contributed by atoms with van der Waals surface area (Å²) in [6.07, 6.45) is 0.451. The molecule has 9 heteroatoms. The monoisotopic (exact) mass is 484 g/mol. The zero-order valence-corrected chi connectivity index (χ0v) is 20.4. The van der Waals surface area contributed by atoms with Crippen LogP contribution in [0.15, 0.2) is 23.3 Å². The van der Waals surface area contributed by atoms with E-state index < -0.39 is 65.2 Å². The van der Waals surface area contributed by atoms with Crippen molar-refractivity contribution in [3.05, 3.63) is 23.3 Å². The fourth-order valence-electron chi connectivity index (χ4n) is 5.78. The van der Waals surface area contributed by atoms with Gasteiger partial charge >= 0.3 is 17.9 Å². The van der Waals surface area contributed by atoms with Crippen molar-refractivity contribution in [2.75, 3.05) is 5.88 Å². The number of aliphatic hydroxyl groups excluding tert-OH is 1. The lowest BCUT2D eigenvalue weighted by Gasteiger charge is -2.54. The van der Waals surface area contributed by atoms with Gasteiger partial charge in [-0.2, -0.15) is 0 Å². The molecule has 0 aromatic carbocycles. The van der Waals surface area contributed by atoms with E-state index in [1.165, 1.54) is 20.8 Å². The van der Waals surface area contributed by atoms with E-state index in [9.17, 15) is 24.6 Å². The minimum atomic E-state index is -1.97. The van der Waals surface area contributed by atoms with E-state index in [4.69, 9.17) is 25.8 Å². The zero-order chi connectivity index (χ0) is 24.7. The van der Waals surface area contributed by atoms with Gasteiger partial charge in [-0.3, -0.25) is 14.4 Å². The third kappa shape index (κ3) is 4.33. The highest BCUT2D eigenvalue weighted by molar-refractivity contribution is 6.19. The van der Waals surface area contributed by atoms with Crippen LogP contribution >= 0.6 is 11.6 Å². The summed E-state index contributed by atoms with van der Waals surface area (Å²) in [5.74, 6) is -3.36. The van der Waals surface area contributed by atoms with Gasteiger partial charge in [0.25, 0.3) is 0 Å². The van der Waals surface area contributed by atoms with Crippen molar-refractivity contribution < 1.29 is 38.8 Å². The molecule has 1 fully saturated rings. The van der Waals surface area contributed by atoms with E-state index in [-0.39, 0.29) is 5.88 Å². The molecular formula is C24H33ClO8. The Balaban J connectivity index is 2.26. The summed E-state index contributed by atoms with van der Waals surface area (Å²) in [7, 11) is 0. The number of carbonyl (C=O) groups is 3. The lowest BCUT2D eigenvalue weighted by Crippen LogP contribution is -2.64. The van der Waals surface area contributed by atoms with Crippen molar-refractivity contribution in [1.82, 2.24) is 0 Å². The van der Waals surface area contributed by atoms with Gasteiger partial charge in [0.1, 0.15) is 17.8 Å². The van der Waals surface area contributed by atoms with Gasteiger partial charge in [-0.15, -0.1) is 11.6 Å². The van der Waals surface area contributed by atoms with Crippen LogP contribution in [0.3, 0.4) is 0 Å². The van der Waals surface area contributed by atoms with Crippen LogP contribution in [0.2, 0.25) is 0 Å². The predicted molar refractivity (Wildman–Crippen MR) is 119 cm³/mol. The van der Waals surface area contributed by atoms with Crippen LogP contribution in [0, 0.1) is 17.3 Å². The minimum absolute atomic E-state index is 0.105. The van der Waals surface area contributed by atoms with Crippen LogP contribution in [0.4, 0.5) is 0 Å². The first-order valence-corrected chi connectivity index (χ1v) is 11.8. The van der Waals surface area contributed by atoms with E-state index in [0.29, 0.717) is 24.8 Å². The standard InChI is InChI=1S/C24H33ClO8/c1-12-6-8-17(31-14(3)26)23(5)18(32-15(4)27)9-7-16(11-25)10-19-24(30,21(28)20(12)23)13(2)22(29)33-19/h6,10,13,17-21,28,30H,7-9,11H2,1-5H3/b16-10+/t13-,17-,18-,19-,20+,21-,23+,24-/m0/s1. The van der Waals surface area contributed by atoms with E-state index >= 15 is 0 Å². The maximum atomic E-state index is 12.5. The van der Waals surface area contributed by atoms with E-state index in [1.54, 1.807) is 13.0 Å². The highest BCUT2D eigenvalue weighted by Gasteiger charge is 2.65. The first-order valence-electron chi connectivity index (χ1n) is 11.2. The van der Waals surface area contributed by atoms with Crippen molar-refractivity contribution in [2.24, 2.45) is 17.3 Å². The average molecular weight is 485 g/mol. The molecule has 8 nitrogen and oxygen atoms in total. The number of halogens is 1. The smallest absolute Gasteiger partial charge is 0.312 e. The number of aliphatic hydroxyl groups is 2. The molecule has 1 heterocycles. The second-order valence-electron chi connectivity index (χ2n) is 9.63. The molecule has 0 unspecified atom stereocenters. The highest BCUT2D eigenvalue weighted by Crippen LogP contribution is 2.54. The number of rotatable bonds is 3. The summed E-state index contributed by atoms with van der Waals surface area (Å²) >= 11 is 6.15. The van der Waals surface area contributed by atoms with Crippen molar-refractivity contribution in [1.29, 1.82) is 0 Å². The molecule has 184 valence electrons. The van der Waals surface area contributed by atoms with Crippen molar-refractivity contribution in [2.45, 2.75) is 83.9 Å². The first kappa shape index (κ1) is 25.7. The summed E-state index contributed by atoms with van der Waals surface area (Å²) in [5.41, 5.74) is -1.64. The van der Waals surface area contributed by atoms with Gasteiger partial charge in [0.2, 0.25) is 0 Å².